The fraction of sp³-hybridized carbons (Fsp3) is 0.583. The third-order valence-corrected chi connectivity index (χ3v) is 6.56. The summed E-state index contributed by atoms with van der Waals surface area (Å²) < 4.78 is 45.2. The minimum Gasteiger partial charge on any atom is -0.462 e. The van der Waals surface area contributed by atoms with Gasteiger partial charge in [0, 0.05) is 0 Å². The van der Waals surface area contributed by atoms with E-state index in [1.807, 2.05) is 0 Å². The second-order valence-corrected chi connectivity index (χ2v) is 8.54. The van der Waals surface area contributed by atoms with Crippen molar-refractivity contribution in [2.24, 2.45) is 11.8 Å². The van der Waals surface area contributed by atoms with Crippen molar-refractivity contribution in [3.8, 4) is 6.07 Å². The van der Waals surface area contributed by atoms with Gasteiger partial charge in [0.2, 0.25) is 0 Å². The summed E-state index contributed by atoms with van der Waals surface area (Å²) in [5.74, 6) is -2.01. The predicted molar refractivity (Wildman–Crippen MR) is 107 cm³/mol. The summed E-state index contributed by atoms with van der Waals surface area (Å²) in [5.41, 5.74) is 0.795. The van der Waals surface area contributed by atoms with Gasteiger partial charge in [-0.05, 0) is 99.8 Å². The van der Waals surface area contributed by atoms with Crippen LogP contribution in [0, 0.1) is 34.8 Å². The average molecular weight is 419 g/mol. The topological polar surface area (TPSA) is 50.1 Å². The Kier molecular flexibility index (Phi) is 7.95. The third kappa shape index (κ3) is 6.10. The quantitative estimate of drug-likeness (QED) is 0.391. The summed E-state index contributed by atoms with van der Waals surface area (Å²) in [5, 5.41) is 8.42. The second kappa shape index (κ2) is 10.7. The molecule has 0 aromatic heterocycles. The molecular weight excluding hydrogens is 391 g/mol. The van der Waals surface area contributed by atoms with Gasteiger partial charge in [-0.1, -0.05) is 6.07 Å². The molecule has 0 spiro atoms. The van der Waals surface area contributed by atoms with E-state index in [9.17, 15) is 18.0 Å². The number of carbonyl (C=O) groups is 1. The molecule has 0 N–H and O–H groups in total. The van der Waals surface area contributed by atoms with Crippen LogP contribution >= 0.6 is 0 Å². The van der Waals surface area contributed by atoms with Crippen LogP contribution in [0.15, 0.2) is 30.1 Å². The second-order valence-electron chi connectivity index (χ2n) is 8.54. The maximum Gasteiger partial charge on any atom is 0.309 e. The molecule has 0 bridgehead atoms. The van der Waals surface area contributed by atoms with Crippen molar-refractivity contribution in [1.29, 1.82) is 5.26 Å². The molecule has 0 heterocycles. The van der Waals surface area contributed by atoms with Crippen molar-refractivity contribution in [3.63, 3.8) is 0 Å². The van der Waals surface area contributed by atoms with E-state index in [0.717, 1.165) is 56.6 Å². The summed E-state index contributed by atoms with van der Waals surface area (Å²) in [7, 11) is 0. The van der Waals surface area contributed by atoms with Crippen LogP contribution < -0.4 is 0 Å². The normalized spacial score (nSPS) is 27.3. The van der Waals surface area contributed by atoms with E-state index in [-0.39, 0.29) is 23.9 Å². The van der Waals surface area contributed by atoms with Gasteiger partial charge in [-0.15, -0.1) is 0 Å². The summed E-state index contributed by atoms with van der Waals surface area (Å²) in [4.78, 5) is 12.6. The largest absolute Gasteiger partial charge is 0.462 e. The van der Waals surface area contributed by atoms with Crippen LogP contribution in [0.4, 0.5) is 13.2 Å². The van der Waals surface area contributed by atoms with E-state index in [2.05, 4.69) is 0 Å². The van der Waals surface area contributed by atoms with E-state index in [0.29, 0.717) is 25.2 Å². The average Bonchev–Trinajstić information content (AvgIpc) is 2.76. The van der Waals surface area contributed by atoms with E-state index in [4.69, 9.17) is 10.00 Å². The van der Waals surface area contributed by atoms with Crippen molar-refractivity contribution in [1.82, 2.24) is 0 Å². The van der Waals surface area contributed by atoms with Gasteiger partial charge in [0.05, 0.1) is 5.92 Å². The molecule has 2 aliphatic rings. The van der Waals surface area contributed by atoms with Crippen LogP contribution in [0.25, 0.3) is 0 Å². The van der Waals surface area contributed by atoms with Gasteiger partial charge in [0.15, 0.2) is 17.5 Å². The Hall–Kier alpha value is -2.29. The Morgan fingerprint density at radius 1 is 1.07 bits per heavy atom. The molecule has 2 saturated carbocycles. The van der Waals surface area contributed by atoms with Crippen LogP contribution in [0.2, 0.25) is 0 Å². The minimum absolute atomic E-state index is 0.0518. The Morgan fingerprint density at radius 3 is 2.40 bits per heavy atom. The van der Waals surface area contributed by atoms with Gasteiger partial charge in [0.25, 0.3) is 0 Å². The number of ether oxygens (including phenoxy) is 1. The zero-order valence-corrected chi connectivity index (χ0v) is 17.1. The molecule has 2 aliphatic carbocycles. The number of nitrogens with zero attached hydrogens (tertiary/aromatic N) is 1. The summed E-state index contributed by atoms with van der Waals surface area (Å²) in [6, 6.07) is 5.54. The van der Waals surface area contributed by atoms with Crippen LogP contribution in [0.5, 0.6) is 0 Å². The number of halogens is 3. The summed E-state index contributed by atoms with van der Waals surface area (Å²) in [6.07, 6.45) is 9.19. The summed E-state index contributed by atoms with van der Waals surface area (Å²) in [6.45, 7) is 0. The first-order valence-electron chi connectivity index (χ1n) is 10.9. The fourth-order valence-corrected chi connectivity index (χ4v) is 4.72. The lowest BCUT2D eigenvalue weighted by Crippen LogP contribution is -2.30. The molecule has 162 valence electrons. The first-order chi connectivity index (χ1) is 14.5. The van der Waals surface area contributed by atoms with Crippen molar-refractivity contribution in [2.75, 3.05) is 0 Å². The van der Waals surface area contributed by atoms with Crippen molar-refractivity contribution in [3.05, 3.63) is 47.3 Å². The lowest BCUT2D eigenvalue weighted by Gasteiger charge is -2.31. The summed E-state index contributed by atoms with van der Waals surface area (Å²) >= 11 is 0. The SMILES string of the molecule is N#CC(F)=CCC[C@H]1CC[C@H](OC(=O)[C@H]2CC[C@H](c3ccc(F)c(F)c3)CC2)CC1. The van der Waals surface area contributed by atoms with Gasteiger partial charge in [0.1, 0.15) is 12.2 Å². The molecule has 3 nitrogen and oxygen atoms in total. The molecule has 2 fully saturated rings. The fourth-order valence-electron chi connectivity index (χ4n) is 4.72. The number of nitriles is 1. The molecule has 3 rings (SSSR count). The maximum absolute atomic E-state index is 13.5. The lowest BCUT2D eigenvalue weighted by molar-refractivity contribution is -0.157. The van der Waals surface area contributed by atoms with Gasteiger partial charge < -0.3 is 4.74 Å². The molecule has 1 aromatic rings. The minimum atomic E-state index is -0.837. The van der Waals surface area contributed by atoms with E-state index in [1.54, 1.807) is 6.07 Å². The highest BCUT2D eigenvalue weighted by Gasteiger charge is 2.31. The van der Waals surface area contributed by atoms with Gasteiger partial charge in [-0.25, -0.2) is 8.78 Å². The maximum atomic E-state index is 13.5. The van der Waals surface area contributed by atoms with Crippen molar-refractivity contribution < 1.29 is 22.7 Å². The standard InChI is InChI=1S/C24H28F3NO2/c25-20(15-28)3-1-2-16-4-11-21(12-5-16)30-24(29)18-8-6-17(7-9-18)19-10-13-22(26)23(27)14-19/h3,10,13-14,16-18,21H,1-2,4-9,11-12H2/t16-,17-,18-,21-. The Morgan fingerprint density at radius 2 is 1.77 bits per heavy atom. The van der Waals surface area contributed by atoms with Crippen LogP contribution in [0.3, 0.4) is 0 Å². The number of esters is 1. The van der Waals surface area contributed by atoms with Gasteiger partial charge >= 0.3 is 5.97 Å². The number of benzene rings is 1. The smallest absolute Gasteiger partial charge is 0.309 e. The zero-order chi connectivity index (χ0) is 21.5. The van der Waals surface area contributed by atoms with Gasteiger partial charge in [-0.2, -0.15) is 9.65 Å². The number of allylic oxidation sites excluding steroid dienone is 2. The number of carbonyl (C=O) groups excluding carboxylic acids is 1. The van der Waals surface area contributed by atoms with Crippen molar-refractivity contribution >= 4 is 5.97 Å². The lowest BCUT2D eigenvalue weighted by atomic mass is 9.78. The molecule has 0 saturated heterocycles. The highest BCUT2D eigenvalue weighted by atomic mass is 19.2. The molecular formula is C24H28F3NO2. The highest BCUT2D eigenvalue weighted by Crippen LogP contribution is 2.37. The van der Waals surface area contributed by atoms with Crippen LogP contribution in [-0.2, 0) is 9.53 Å². The first-order valence-corrected chi connectivity index (χ1v) is 10.9. The monoisotopic (exact) mass is 419 g/mol. The van der Waals surface area contributed by atoms with Crippen LogP contribution in [-0.4, -0.2) is 12.1 Å². The molecule has 0 atom stereocenters. The predicted octanol–water partition coefficient (Wildman–Crippen LogP) is 6.50. The Bertz CT molecular complexity index is 801. The molecule has 6 heteroatoms. The van der Waals surface area contributed by atoms with Crippen molar-refractivity contribution in [2.45, 2.75) is 76.2 Å². The number of hydrogen-bond acceptors (Lipinski definition) is 3. The molecule has 0 unspecified atom stereocenters. The molecule has 0 amide bonds. The number of rotatable bonds is 6. The molecule has 0 aliphatic heterocycles. The Balaban J connectivity index is 1.38. The van der Waals surface area contributed by atoms with Crippen LogP contribution in [0.1, 0.15) is 75.7 Å². The van der Waals surface area contributed by atoms with E-state index < -0.39 is 17.5 Å². The van der Waals surface area contributed by atoms with E-state index in [1.165, 1.54) is 18.2 Å². The highest BCUT2D eigenvalue weighted by molar-refractivity contribution is 5.72. The van der Waals surface area contributed by atoms with E-state index >= 15 is 0 Å². The Labute approximate surface area is 175 Å². The number of hydrogen-bond donors (Lipinski definition) is 0. The zero-order valence-electron chi connectivity index (χ0n) is 17.1. The van der Waals surface area contributed by atoms with Gasteiger partial charge in [-0.3, -0.25) is 4.79 Å². The molecule has 0 radical (unpaired) electrons. The molecule has 30 heavy (non-hydrogen) atoms. The molecule has 1 aromatic carbocycles. The third-order valence-electron chi connectivity index (χ3n) is 6.56. The first kappa shape index (κ1) is 22.4.